The van der Waals surface area contributed by atoms with Crippen LogP contribution < -0.4 is 0 Å². The first-order chi connectivity index (χ1) is 7.81. The molecular formula is C11H14N4O. The highest BCUT2D eigenvalue weighted by atomic mass is 16.4. The zero-order valence-corrected chi connectivity index (χ0v) is 9.26. The number of aromatic nitrogens is 4. The Kier molecular flexibility index (Phi) is 2.23. The minimum atomic E-state index is 0.501. The van der Waals surface area contributed by atoms with Crippen LogP contribution in [0, 0.1) is 6.92 Å². The van der Waals surface area contributed by atoms with Gasteiger partial charge in [-0.3, -0.25) is 4.68 Å². The summed E-state index contributed by atoms with van der Waals surface area (Å²) in [6.45, 7) is 2.53. The van der Waals surface area contributed by atoms with E-state index in [1.165, 1.54) is 19.3 Å². The molecule has 5 nitrogen and oxygen atoms in total. The molecule has 2 aromatic heterocycles. The first kappa shape index (κ1) is 9.57. The lowest BCUT2D eigenvalue weighted by Crippen LogP contribution is -2.08. The monoisotopic (exact) mass is 218 g/mol. The molecule has 1 saturated carbocycles. The van der Waals surface area contributed by atoms with Crippen LogP contribution in [0.4, 0.5) is 0 Å². The molecular weight excluding hydrogens is 204 g/mol. The summed E-state index contributed by atoms with van der Waals surface area (Å²) in [6, 6.07) is 1.96. The topological polar surface area (TPSA) is 56.7 Å². The van der Waals surface area contributed by atoms with E-state index >= 15 is 0 Å². The highest BCUT2D eigenvalue weighted by molar-refractivity contribution is 4.98. The van der Waals surface area contributed by atoms with Gasteiger partial charge < -0.3 is 4.42 Å². The maximum atomic E-state index is 5.62. The Morgan fingerprint density at radius 3 is 2.94 bits per heavy atom. The van der Waals surface area contributed by atoms with Gasteiger partial charge in [0.1, 0.15) is 6.54 Å². The van der Waals surface area contributed by atoms with Crippen LogP contribution in [0.5, 0.6) is 0 Å². The van der Waals surface area contributed by atoms with E-state index in [2.05, 4.69) is 15.3 Å². The van der Waals surface area contributed by atoms with Crippen LogP contribution in [-0.4, -0.2) is 20.0 Å². The minimum absolute atomic E-state index is 0.501. The molecule has 0 aromatic carbocycles. The van der Waals surface area contributed by atoms with Crippen molar-refractivity contribution in [3.05, 3.63) is 29.7 Å². The normalized spacial score (nSPS) is 16.3. The van der Waals surface area contributed by atoms with Crippen molar-refractivity contribution in [1.82, 2.24) is 20.0 Å². The highest BCUT2D eigenvalue weighted by Crippen LogP contribution is 2.35. The molecule has 2 heterocycles. The smallest absolute Gasteiger partial charge is 0.237 e. The Morgan fingerprint density at radius 1 is 1.44 bits per heavy atom. The molecule has 2 aromatic rings. The molecule has 5 heteroatoms. The molecule has 0 radical (unpaired) electrons. The van der Waals surface area contributed by atoms with Gasteiger partial charge in [0.25, 0.3) is 0 Å². The Hall–Kier alpha value is -1.65. The van der Waals surface area contributed by atoms with Crippen molar-refractivity contribution >= 4 is 0 Å². The number of hydrogen-bond donors (Lipinski definition) is 0. The lowest BCUT2D eigenvalue weighted by Gasteiger charge is -2.20. The van der Waals surface area contributed by atoms with E-state index in [-0.39, 0.29) is 0 Å². The standard InChI is InChI=1S/C11H14N4O/c1-8-5-6-15(14-8)7-10-12-13-11(16-10)9-3-2-4-9/h5-6,9H,2-4,7H2,1H3. The first-order valence-corrected chi connectivity index (χ1v) is 5.63. The van der Waals surface area contributed by atoms with Gasteiger partial charge in [-0.15, -0.1) is 10.2 Å². The van der Waals surface area contributed by atoms with E-state index in [4.69, 9.17) is 4.42 Å². The van der Waals surface area contributed by atoms with Gasteiger partial charge in [0, 0.05) is 12.1 Å². The maximum absolute atomic E-state index is 5.62. The summed E-state index contributed by atoms with van der Waals surface area (Å²) in [5, 5.41) is 12.4. The first-order valence-electron chi connectivity index (χ1n) is 5.63. The van der Waals surface area contributed by atoms with E-state index in [1.54, 1.807) is 0 Å². The zero-order valence-electron chi connectivity index (χ0n) is 9.26. The van der Waals surface area contributed by atoms with Crippen LogP contribution in [0.3, 0.4) is 0 Å². The van der Waals surface area contributed by atoms with Crippen LogP contribution in [0.2, 0.25) is 0 Å². The zero-order chi connectivity index (χ0) is 11.0. The molecule has 3 rings (SSSR count). The fourth-order valence-electron chi connectivity index (χ4n) is 1.84. The Labute approximate surface area is 93.5 Å². The molecule has 0 spiro atoms. The van der Waals surface area contributed by atoms with Gasteiger partial charge in [0.2, 0.25) is 11.8 Å². The van der Waals surface area contributed by atoms with Crippen molar-refractivity contribution in [2.45, 2.75) is 38.6 Å². The predicted octanol–water partition coefficient (Wildman–Crippen LogP) is 1.89. The van der Waals surface area contributed by atoms with Crippen LogP contribution in [0.15, 0.2) is 16.7 Å². The molecule has 0 aliphatic heterocycles. The SMILES string of the molecule is Cc1ccn(Cc2nnc(C3CCC3)o2)n1. The van der Waals surface area contributed by atoms with E-state index < -0.39 is 0 Å². The number of nitrogens with zero attached hydrogens (tertiary/aromatic N) is 4. The second-order valence-corrected chi connectivity index (χ2v) is 4.32. The quantitative estimate of drug-likeness (QED) is 0.789. The summed E-state index contributed by atoms with van der Waals surface area (Å²) in [6.07, 6.45) is 5.56. The third kappa shape index (κ3) is 1.73. The maximum Gasteiger partial charge on any atom is 0.237 e. The average molecular weight is 218 g/mol. The van der Waals surface area contributed by atoms with Crippen LogP contribution in [0.25, 0.3) is 0 Å². The summed E-state index contributed by atoms with van der Waals surface area (Å²) >= 11 is 0. The molecule has 84 valence electrons. The fourth-order valence-corrected chi connectivity index (χ4v) is 1.84. The summed E-state index contributed by atoms with van der Waals surface area (Å²) < 4.78 is 7.43. The molecule has 0 saturated heterocycles. The third-order valence-electron chi connectivity index (χ3n) is 3.01. The molecule has 1 aliphatic carbocycles. The molecule has 1 aliphatic rings. The van der Waals surface area contributed by atoms with Crippen LogP contribution in [-0.2, 0) is 6.54 Å². The van der Waals surface area contributed by atoms with Crippen LogP contribution in [0.1, 0.15) is 42.7 Å². The fraction of sp³-hybridized carbons (Fsp3) is 0.545. The van der Waals surface area contributed by atoms with Gasteiger partial charge in [-0.25, -0.2) is 0 Å². The average Bonchev–Trinajstić information content (AvgIpc) is 2.74. The lowest BCUT2D eigenvalue weighted by molar-refractivity contribution is 0.321. The predicted molar refractivity (Wildman–Crippen MR) is 57.0 cm³/mol. The third-order valence-corrected chi connectivity index (χ3v) is 3.01. The second kappa shape index (κ2) is 3.73. The van der Waals surface area contributed by atoms with E-state index in [0.29, 0.717) is 18.4 Å². The molecule has 0 unspecified atom stereocenters. The van der Waals surface area contributed by atoms with Crippen LogP contribution >= 0.6 is 0 Å². The Morgan fingerprint density at radius 2 is 2.31 bits per heavy atom. The summed E-state index contributed by atoms with van der Waals surface area (Å²) in [5.74, 6) is 1.94. The van der Waals surface area contributed by atoms with Gasteiger partial charge in [-0.1, -0.05) is 6.42 Å². The lowest BCUT2D eigenvalue weighted by atomic mass is 9.85. The molecule has 0 amide bonds. The largest absolute Gasteiger partial charge is 0.423 e. The molecule has 1 fully saturated rings. The van der Waals surface area contributed by atoms with Gasteiger partial charge in [0.05, 0.1) is 5.69 Å². The van der Waals surface area contributed by atoms with Gasteiger partial charge in [0.15, 0.2) is 0 Å². The number of aryl methyl sites for hydroxylation is 1. The molecule has 16 heavy (non-hydrogen) atoms. The minimum Gasteiger partial charge on any atom is -0.423 e. The number of hydrogen-bond acceptors (Lipinski definition) is 4. The van der Waals surface area contributed by atoms with Crippen molar-refractivity contribution in [2.24, 2.45) is 0 Å². The van der Waals surface area contributed by atoms with Gasteiger partial charge in [-0.2, -0.15) is 5.10 Å². The van der Waals surface area contributed by atoms with Crippen molar-refractivity contribution in [3.63, 3.8) is 0 Å². The highest BCUT2D eigenvalue weighted by Gasteiger charge is 2.25. The van der Waals surface area contributed by atoms with Crippen molar-refractivity contribution in [1.29, 1.82) is 0 Å². The molecule has 0 N–H and O–H groups in total. The van der Waals surface area contributed by atoms with E-state index in [9.17, 15) is 0 Å². The van der Waals surface area contributed by atoms with Gasteiger partial charge in [-0.05, 0) is 25.8 Å². The Balaban J connectivity index is 1.72. The van der Waals surface area contributed by atoms with Crippen molar-refractivity contribution in [2.75, 3.05) is 0 Å². The molecule has 0 bridgehead atoms. The number of rotatable bonds is 3. The van der Waals surface area contributed by atoms with E-state index in [1.807, 2.05) is 23.9 Å². The van der Waals surface area contributed by atoms with Gasteiger partial charge >= 0.3 is 0 Å². The summed E-state index contributed by atoms with van der Waals surface area (Å²) in [5.41, 5.74) is 0.999. The van der Waals surface area contributed by atoms with Crippen molar-refractivity contribution in [3.8, 4) is 0 Å². The molecule has 0 atom stereocenters. The second-order valence-electron chi connectivity index (χ2n) is 4.32. The Bertz CT molecular complexity index is 484. The summed E-state index contributed by atoms with van der Waals surface area (Å²) in [4.78, 5) is 0. The van der Waals surface area contributed by atoms with E-state index in [0.717, 1.165) is 11.6 Å². The van der Waals surface area contributed by atoms with Crippen molar-refractivity contribution < 1.29 is 4.42 Å². The summed E-state index contributed by atoms with van der Waals surface area (Å²) in [7, 11) is 0.